The molecule has 3 heterocycles. The summed E-state index contributed by atoms with van der Waals surface area (Å²) in [6.07, 6.45) is 4.88. The van der Waals surface area contributed by atoms with Crippen molar-refractivity contribution in [3.63, 3.8) is 0 Å². The normalized spacial score (nSPS) is 18.0. The van der Waals surface area contributed by atoms with Gasteiger partial charge in [-0.05, 0) is 26.7 Å². The Morgan fingerprint density at radius 2 is 2.05 bits per heavy atom. The lowest BCUT2D eigenvalue weighted by Crippen LogP contribution is -2.32. The molecule has 0 saturated carbocycles. The molecule has 2 N–H and O–H groups in total. The molecule has 22 heavy (non-hydrogen) atoms. The molecule has 1 saturated heterocycles. The molecule has 0 aliphatic carbocycles. The molecule has 116 valence electrons. The quantitative estimate of drug-likeness (QED) is 0.905. The predicted molar refractivity (Wildman–Crippen MR) is 82.1 cm³/mol. The highest BCUT2D eigenvalue weighted by Crippen LogP contribution is 2.36. The molecule has 1 aliphatic rings. The maximum Gasteiger partial charge on any atom is 0.276 e. The average molecular weight is 300 g/mol. The van der Waals surface area contributed by atoms with Gasteiger partial charge in [0.05, 0.1) is 11.7 Å². The van der Waals surface area contributed by atoms with Gasteiger partial charge in [0.15, 0.2) is 11.5 Å². The van der Waals surface area contributed by atoms with Gasteiger partial charge in [0.25, 0.3) is 5.91 Å². The number of anilines is 1. The molecule has 0 bridgehead atoms. The lowest BCUT2D eigenvalue weighted by atomic mass is 10.0. The number of aromatic nitrogens is 4. The zero-order valence-electron chi connectivity index (χ0n) is 13.1. The standard InChI is InChI=1S/C15H20N6O/c1-9-12(10(2)20(3)19-9)11-5-4-8-21(11)15(22)13-14(16)18-7-6-17-13/h6-7,11H,4-5,8H2,1-3H3,(H2,16,18)/t11-/m1/s1. The fourth-order valence-electron chi connectivity index (χ4n) is 3.23. The molecular weight excluding hydrogens is 280 g/mol. The summed E-state index contributed by atoms with van der Waals surface area (Å²) < 4.78 is 1.86. The van der Waals surface area contributed by atoms with E-state index >= 15 is 0 Å². The van der Waals surface area contributed by atoms with E-state index in [4.69, 9.17) is 5.73 Å². The molecule has 2 aromatic rings. The minimum atomic E-state index is -0.157. The number of amides is 1. The van der Waals surface area contributed by atoms with Crippen molar-refractivity contribution >= 4 is 11.7 Å². The summed E-state index contributed by atoms with van der Waals surface area (Å²) in [6, 6.07) is 0.0302. The number of rotatable bonds is 2. The molecular formula is C15H20N6O. The van der Waals surface area contributed by atoms with Crippen molar-refractivity contribution < 1.29 is 4.79 Å². The Morgan fingerprint density at radius 3 is 2.68 bits per heavy atom. The van der Waals surface area contributed by atoms with E-state index in [0.29, 0.717) is 6.54 Å². The first-order valence-electron chi connectivity index (χ1n) is 7.38. The number of hydrogen-bond acceptors (Lipinski definition) is 5. The Morgan fingerprint density at radius 1 is 1.32 bits per heavy atom. The summed E-state index contributed by atoms with van der Waals surface area (Å²) in [5.41, 5.74) is 9.23. The Labute approximate surface area is 129 Å². The van der Waals surface area contributed by atoms with E-state index in [1.807, 2.05) is 30.5 Å². The van der Waals surface area contributed by atoms with Crippen LogP contribution in [0.15, 0.2) is 12.4 Å². The van der Waals surface area contributed by atoms with Crippen molar-refractivity contribution in [1.29, 1.82) is 0 Å². The number of likely N-dealkylation sites (tertiary alicyclic amines) is 1. The average Bonchev–Trinajstić information content (AvgIpc) is 3.04. The van der Waals surface area contributed by atoms with Crippen molar-refractivity contribution in [1.82, 2.24) is 24.6 Å². The number of aryl methyl sites for hydroxylation is 2. The summed E-state index contributed by atoms with van der Waals surface area (Å²) in [4.78, 5) is 22.7. The molecule has 7 nitrogen and oxygen atoms in total. The van der Waals surface area contributed by atoms with Crippen LogP contribution in [0, 0.1) is 13.8 Å². The van der Waals surface area contributed by atoms with E-state index in [9.17, 15) is 4.79 Å². The second-order valence-electron chi connectivity index (χ2n) is 5.65. The Kier molecular flexibility index (Phi) is 3.56. The van der Waals surface area contributed by atoms with Gasteiger partial charge in [0.1, 0.15) is 0 Å². The highest BCUT2D eigenvalue weighted by molar-refractivity contribution is 5.96. The number of carbonyl (C=O) groups excluding carboxylic acids is 1. The van der Waals surface area contributed by atoms with Crippen LogP contribution in [-0.4, -0.2) is 37.1 Å². The van der Waals surface area contributed by atoms with Crippen LogP contribution in [0.3, 0.4) is 0 Å². The number of nitrogens with zero attached hydrogens (tertiary/aromatic N) is 5. The number of nitrogens with two attached hydrogens (primary N) is 1. The molecule has 0 aromatic carbocycles. The minimum absolute atomic E-state index is 0.0302. The SMILES string of the molecule is Cc1nn(C)c(C)c1[C@H]1CCCN1C(=O)c1nccnc1N. The Bertz CT molecular complexity index is 723. The molecule has 0 radical (unpaired) electrons. The molecule has 3 rings (SSSR count). The Balaban J connectivity index is 1.97. The second-order valence-corrected chi connectivity index (χ2v) is 5.65. The van der Waals surface area contributed by atoms with Crippen molar-refractivity contribution in [2.75, 3.05) is 12.3 Å². The van der Waals surface area contributed by atoms with Gasteiger partial charge in [-0.1, -0.05) is 0 Å². The minimum Gasteiger partial charge on any atom is -0.382 e. The largest absolute Gasteiger partial charge is 0.382 e. The third kappa shape index (κ3) is 2.22. The van der Waals surface area contributed by atoms with Gasteiger partial charge in [0, 0.05) is 37.2 Å². The predicted octanol–water partition coefficient (Wildman–Crippen LogP) is 1.39. The molecule has 1 aliphatic heterocycles. The first-order valence-corrected chi connectivity index (χ1v) is 7.38. The van der Waals surface area contributed by atoms with E-state index in [1.54, 1.807) is 0 Å². The van der Waals surface area contributed by atoms with Crippen LogP contribution in [0.25, 0.3) is 0 Å². The first-order chi connectivity index (χ1) is 10.5. The van der Waals surface area contributed by atoms with Crippen LogP contribution in [0.5, 0.6) is 0 Å². The zero-order chi connectivity index (χ0) is 15.9. The van der Waals surface area contributed by atoms with Crippen LogP contribution in [-0.2, 0) is 7.05 Å². The van der Waals surface area contributed by atoms with Gasteiger partial charge in [-0.3, -0.25) is 9.48 Å². The summed E-state index contributed by atoms with van der Waals surface area (Å²) in [6.45, 7) is 4.72. The number of nitrogen functional groups attached to an aromatic ring is 1. The zero-order valence-corrected chi connectivity index (χ0v) is 13.1. The third-order valence-corrected chi connectivity index (χ3v) is 4.34. The van der Waals surface area contributed by atoms with E-state index in [2.05, 4.69) is 15.1 Å². The Hall–Kier alpha value is -2.44. The summed E-state index contributed by atoms with van der Waals surface area (Å²) in [5.74, 6) is 0.0218. The highest BCUT2D eigenvalue weighted by Gasteiger charge is 2.35. The van der Waals surface area contributed by atoms with Crippen LogP contribution < -0.4 is 5.73 Å². The lowest BCUT2D eigenvalue weighted by Gasteiger charge is -2.25. The molecule has 1 fully saturated rings. The first kappa shape index (κ1) is 14.5. The van der Waals surface area contributed by atoms with Crippen molar-refractivity contribution in [3.8, 4) is 0 Å². The molecule has 0 spiro atoms. The lowest BCUT2D eigenvalue weighted by molar-refractivity contribution is 0.0730. The van der Waals surface area contributed by atoms with Gasteiger partial charge in [-0.15, -0.1) is 0 Å². The van der Waals surface area contributed by atoms with Crippen LogP contribution in [0.4, 0.5) is 5.82 Å². The number of hydrogen-bond donors (Lipinski definition) is 1. The van der Waals surface area contributed by atoms with Gasteiger partial charge in [-0.2, -0.15) is 5.10 Å². The van der Waals surface area contributed by atoms with Crippen LogP contribution in [0.2, 0.25) is 0 Å². The van der Waals surface area contributed by atoms with E-state index in [0.717, 1.165) is 29.8 Å². The highest BCUT2D eigenvalue weighted by atomic mass is 16.2. The number of carbonyl (C=O) groups is 1. The maximum atomic E-state index is 12.8. The van der Waals surface area contributed by atoms with E-state index < -0.39 is 0 Å². The summed E-state index contributed by atoms with van der Waals surface area (Å²) >= 11 is 0. The van der Waals surface area contributed by atoms with E-state index in [1.165, 1.54) is 12.4 Å². The van der Waals surface area contributed by atoms with Crippen LogP contribution in [0.1, 0.15) is 46.3 Å². The van der Waals surface area contributed by atoms with Gasteiger partial charge >= 0.3 is 0 Å². The fraction of sp³-hybridized carbons (Fsp3) is 0.467. The molecule has 7 heteroatoms. The van der Waals surface area contributed by atoms with E-state index in [-0.39, 0.29) is 23.5 Å². The van der Waals surface area contributed by atoms with Crippen LogP contribution >= 0.6 is 0 Å². The molecule has 0 unspecified atom stereocenters. The third-order valence-electron chi connectivity index (χ3n) is 4.34. The second kappa shape index (κ2) is 5.40. The van der Waals surface area contributed by atoms with Gasteiger partial charge in [0.2, 0.25) is 0 Å². The van der Waals surface area contributed by atoms with Crippen molar-refractivity contribution in [2.24, 2.45) is 7.05 Å². The van der Waals surface area contributed by atoms with Crippen molar-refractivity contribution in [3.05, 3.63) is 35.0 Å². The fourth-order valence-corrected chi connectivity index (χ4v) is 3.23. The van der Waals surface area contributed by atoms with Crippen molar-refractivity contribution in [2.45, 2.75) is 32.7 Å². The monoisotopic (exact) mass is 300 g/mol. The summed E-state index contributed by atoms with van der Waals surface area (Å²) in [5, 5.41) is 4.47. The molecule has 1 amide bonds. The maximum absolute atomic E-state index is 12.8. The topological polar surface area (TPSA) is 89.9 Å². The van der Waals surface area contributed by atoms with Gasteiger partial charge in [-0.25, -0.2) is 9.97 Å². The van der Waals surface area contributed by atoms with Gasteiger partial charge < -0.3 is 10.6 Å². The molecule has 2 aromatic heterocycles. The smallest absolute Gasteiger partial charge is 0.276 e. The summed E-state index contributed by atoms with van der Waals surface area (Å²) in [7, 11) is 1.92. The molecule has 1 atom stereocenters.